The fourth-order valence-electron chi connectivity index (χ4n) is 2.07. The summed E-state index contributed by atoms with van der Waals surface area (Å²) in [5.74, 6) is -2.61. The van der Waals surface area contributed by atoms with Gasteiger partial charge in [0, 0.05) is 26.2 Å². The van der Waals surface area contributed by atoms with E-state index in [1.54, 1.807) is 4.90 Å². The standard InChI is InChI=1S/C10H17F2N3O/c1-13-2-4-15(5-3-13)9(16)6-14-7-10(11,12)8-14/h2-8H2,1H3. The average Bonchev–Trinajstić information content (AvgIpc) is 2.15. The summed E-state index contributed by atoms with van der Waals surface area (Å²) in [7, 11) is 2.01. The maximum Gasteiger partial charge on any atom is 0.272 e. The van der Waals surface area contributed by atoms with E-state index in [1.807, 2.05) is 7.05 Å². The molecule has 0 aromatic heterocycles. The maximum absolute atomic E-state index is 12.6. The van der Waals surface area contributed by atoms with Crippen molar-refractivity contribution in [2.75, 3.05) is 52.9 Å². The number of piperazine rings is 1. The minimum Gasteiger partial charge on any atom is -0.339 e. The van der Waals surface area contributed by atoms with Crippen molar-refractivity contribution in [3.05, 3.63) is 0 Å². The quantitative estimate of drug-likeness (QED) is 0.656. The first-order valence-electron chi connectivity index (χ1n) is 5.53. The lowest BCUT2D eigenvalue weighted by atomic mass is 10.1. The van der Waals surface area contributed by atoms with Crippen LogP contribution in [0.2, 0.25) is 0 Å². The van der Waals surface area contributed by atoms with E-state index in [2.05, 4.69) is 4.90 Å². The van der Waals surface area contributed by atoms with Crippen LogP contribution in [0, 0.1) is 0 Å². The third kappa shape index (κ3) is 2.68. The van der Waals surface area contributed by atoms with Crippen molar-refractivity contribution in [3.63, 3.8) is 0 Å². The Morgan fingerprint density at radius 2 is 1.75 bits per heavy atom. The molecule has 16 heavy (non-hydrogen) atoms. The molecule has 0 radical (unpaired) electrons. The van der Waals surface area contributed by atoms with Crippen LogP contribution in [0.1, 0.15) is 0 Å². The Morgan fingerprint density at radius 1 is 1.19 bits per heavy atom. The monoisotopic (exact) mass is 233 g/mol. The summed E-state index contributed by atoms with van der Waals surface area (Å²) >= 11 is 0. The van der Waals surface area contributed by atoms with Gasteiger partial charge in [0.1, 0.15) is 0 Å². The Labute approximate surface area is 93.8 Å². The van der Waals surface area contributed by atoms with E-state index in [1.165, 1.54) is 4.90 Å². The van der Waals surface area contributed by atoms with Gasteiger partial charge in [-0.25, -0.2) is 8.78 Å². The third-order valence-electron chi connectivity index (χ3n) is 3.12. The van der Waals surface area contributed by atoms with Gasteiger partial charge in [-0.2, -0.15) is 0 Å². The number of alkyl halides is 2. The molecule has 0 saturated carbocycles. The van der Waals surface area contributed by atoms with Crippen LogP contribution in [0.5, 0.6) is 0 Å². The van der Waals surface area contributed by atoms with E-state index in [9.17, 15) is 13.6 Å². The van der Waals surface area contributed by atoms with Gasteiger partial charge >= 0.3 is 0 Å². The van der Waals surface area contributed by atoms with Gasteiger partial charge in [0.05, 0.1) is 19.6 Å². The first-order chi connectivity index (χ1) is 7.46. The number of amides is 1. The molecule has 0 unspecified atom stereocenters. The molecule has 6 heteroatoms. The van der Waals surface area contributed by atoms with Gasteiger partial charge in [0.2, 0.25) is 5.91 Å². The summed E-state index contributed by atoms with van der Waals surface area (Å²) in [5, 5.41) is 0. The lowest BCUT2D eigenvalue weighted by Crippen LogP contribution is -2.59. The maximum atomic E-state index is 12.6. The molecule has 0 bridgehead atoms. The van der Waals surface area contributed by atoms with Crippen molar-refractivity contribution < 1.29 is 13.6 Å². The molecule has 2 fully saturated rings. The molecule has 2 heterocycles. The molecule has 0 atom stereocenters. The predicted molar refractivity (Wildman–Crippen MR) is 55.5 cm³/mol. The van der Waals surface area contributed by atoms with Crippen molar-refractivity contribution in [2.24, 2.45) is 0 Å². The van der Waals surface area contributed by atoms with Crippen LogP contribution >= 0.6 is 0 Å². The fraction of sp³-hybridized carbons (Fsp3) is 0.900. The minimum absolute atomic E-state index is 0.0244. The highest BCUT2D eigenvalue weighted by Gasteiger charge is 2.44. The second kappa shape index (κ2) is 4.25. The number of likely N-dealkylation sites (N-methyl/N-ethyl adjacent to an activating group) is 1. The molecule has 2 aliphatic rings. The number of likely N-dealkylation sites (tertiary alicyclic amines) is 1. The number of hydrogen-bond donors (Lipinski definition) is 0. The van der Waals surface area contributed by atoms with Crippen molar-refractivity contribution in [1.29, 1.82) is 0 Å². The van der Waals surface area contributed by atoms with Gasteiger partial charge in [0.25, 0.3) is 5.92 Å². The number of carbonyl (C=O) groups is 1. The topological polar surface area (TPSA) is 26.8 Å². The number of carbonyl (C=O) groups excluding carboxylic acids is 1. The summed E-state index contributed by atoms with van der Waals surface area (Å²) in [6, 6.07) is 0. The van der Waals surface area contributed by atoms with Crippen LogP contribution in [-0.2, 0) is 4.79 Å². The normalized spacial score (nSPS) is 26.6. The van der Waals surface area contributed by atoms with Gasteiger partial charge in [-0.3, -0.25) is 9.69 Å². The number of halogens is 2. The zero-order valence-electron chi connectivity index (χ0n) is 9.46. The zero-order chi connectivity index (χ0) is 11.8. The smallest absolute Gasteiger partial charge is 0.272 e. The Morgan fingerprint density at radius 3 is 2.25 bits per heavy atom. The third-order valence-corrected chi connectivity index (χ3v) is 3.12. The second-order valence-corrected chi connectivity index (χ2v) is 4.69. The van der Waals surface area contributed by atoms with E-state index in [0.29, 0.717) is 13.1 Å². The van der Waals surface area contributed by atoms with Crippen LogP contribution in [0.25, 0.3) is 0 Å². The second-order valence-electron chi connectivity index (χ2n) is 4.69. The lowest BCUT2D eigenvalue weighted by Gasteiger charge is -2.40. The largest absolute Gasteiger partial charge is 0.339 e. The summed E-state index contributed by atoms with van der Waals surface area (Å²) in [4.78, 5) is 17.2. The highest BCUT2D eigenvalue weighted by Crippen LogP contribution is 2.26. The predicted octanol–water partition coefficient (Wildman–Crippen LogP) is -0.289. The van der Waals surface area contributed by atoms with E-state index in [0.717, 1.165) is 13.1 Å². The molecule has 2 rings (SSSR count). The lowest BCUT2D eigenvalue weighted by molar-refractivity contribution is -0.151. The van der Waals surface area contributed by atoms with Crippen LogP contribution in [0.4, 0.5) is 8.78 Å². The van der Waals surface area contributed by atoms with Crippen molar-refractivity contribution in [1.82, 2.24) is 14.7 Å². The van der Waals surface area contributed by atoms with Gasteiger partial charge < -0.3 is 9.80 Å². The Kier molecular flexibility index (Phi) is 3.12. The molecule has 4 nitrogen and oxygen atoms in total. The number of rotatable bonds is 2. The first kappa shape index (κ1) is 11.7. The minimum atomic E-state index is -2.58. The molecule has 1 amide bonds. The molecule has 2 aliphatic heterocycles. The molecule has 92 valence electrons. The summed E-state index contributed by atoms with van der Waals surface area (Å²) in [5.41, 5.74) is 0. The summed E-state index contributed by atoms with van der Waals surface area (Å²) in [6.45, 7) is 2.74. The summed E-state index contributed by atoms with van der Waals surface area (Å²) in [6.07, 6.45) is 0. The van der Waals surface area contributed by atoms with E-state index in [4.69, 9.17) is 0 Å². The van der Waals surface area contributed by atoms with Gasteiger partial charge in [-0.15, -0.1) is 0 Å². The highest BCUT2D eigenvalue weighted by molar-refractivity contribution is 5.78. The van der Waals surface area contributed by atoms with Gasteiger partial charge in [-0.1, -0.05) is 0 Å². The molecule has 2 saturated heterocycles. The number of nitrogens with zero attached hydrogens (tertiary/aromatic N) is 3. The molecule has 0 aromatic carbocycles. The van der Waals surface area contributed by atoms with E-state index in [-0.39, 0.29) is 25.5 Å². The Hall–Kier alpha value is -0.750. The Balaban J connectivity index is 1.72. The van der Waals surface area contributed by atoms with E-state index < -0.39 is 5.92 Å². The highest BCUT2D eigenvalue weighted by atomic mass is 19.3. The molecule has 0 aromatic rings. The SMILES string of the molecule is CN1CCN(C(=O)CN2CC(F)(F)C2)CC1. The van der Waals surface area contributed by atoms with Crippen LogP contribution < -0.4 is 0 Å². The van der Waals surface area contributed by atoms with Gasteiger partial charge in [-0.05, 0) is 7.05 Å². The molecule has 0 spiro atoms. The van der Waals surface area contributed by atoms with Crippen LogP contribution in [0.15, 0.2) is 0 Å². The van der Waals surface area contributed by atoms with Gasteiger partial charge in [0.15, 0.2) is 0 Å². The van der Waals surface area contributed by atoms with Crippen molar-refractivity contribution in [2.45, 2.75) is 5.92 Å². The van der Waals surface area contributed by atoms with Crippen molar-refractivity contribution >= 4 is 5.91 Å². The zero-order valence-corrected chi connectivity index (χ0v) is 9.46. The fourth-order valence-corrected chi connectivity index (χ4v) is 2.07. The molecule has 0 aliphatic carbocycles. The van der Waals surface area contributed by atoms with E-state index >= 15 is 0 Å². The summed E-state index contributed by atoms with van der Waals surface area (Å²) < 4.78 is 25.1. The molecule has 0 N–H and O–H groups in total. The average molecular weight is 233 g/mol. The van der Waals surface area contributed by atoms with Crippen molar-refractivity contribution in [3.8, 4) is 0 Å². The van der Waals surface area contributed by atoms with Crippen LogP contribution in [0.3, 0.4) is 0 Å². The van der Waals surface area contributed by atoms with Crippen LogP contribution in [-0.4, -0.2) is 79.4 Å². The first-order valence-corrected chi connectivity index (χ1v) is 5.53. The Bertz CT molecular complexity index is 269. The number of hydrogen-bond acceptors (Lipinski definition) is 3. The molecular weight excluding hydrogens is 216 g/mol. The molecular formula is C10H17F2N3O.